The van der Waals surface area contributed by atoms with Gasteiger partial charge in [0.2, 0.25) is 10.0 Å². The molecule has 2 aromatic carbocycles. The summed E-state index contributed by atoms with van der Waals surface area (Å²) in [4.78, 5) is 0.164. The van der Waals surface area contributed by atoms with Gasteiger partial charge in [-0.1, -0.05) is 18.2 Å². The van der Waals surface area contributed by atoms with E-state index in [1.165, 1.54) is 18.2 Å². The maximum absolute atomic E-state index is 12.9. The second-order valence-electron chi connectivity index (χ2n) is 6.43. The largest absolute Gasteiger partial charge is 0.573 e. The van der Waals surface area contributed by atoms with Crippen molar-refractivity contribution >= 4 is 10.0 Å². The van der Waals surface area contributed by atoms with Crippen LogP contribution in [-0.4, -0.2) is 14.8 Å². The van der Waals surface area contributed by atoms with Crippen LogP contribution < -0.4 is 9.46 Å². The molecule has 0 amide bonds. The van der Waals surface area contributed by atoms with Crippen LogP contribution in [0.4, 0.5) is 13.2 Å². The molecule has 0 aromatic heterocycles. The van der Waals surface area contributed by atoms with Crippen molar-refractivity contribution in [2.24, 2.45) is 0 Å². The first-order valence-corrected chi connectivity index (χ1v) is 9.73. The Hall–Kier alpha value is -2.06. The van der Waals surface area contributed by atoms with Crippen molar-refractivity contribution in [2.45, 2.75) is 52.4 Å². The molecule has 1 N–H and O–H groups in total. The second kappa shape index (κ2) is 7.52. The number of alkyl halides is 3. The molecule has 8 heteroatoms. The highest BCUT2D eigenvalue weighted by atomic mass is 32.2. The number of nitrogens with one attached hydrogen (secondary N) is 1. The third-order valence-corrected chi connectivity index (χ3v) is 6.53. The van der Waals surface area contributed by atoms with Gasteiger partial charge in [-0.3, -0.25) is 0 Å². The Balaban J connectivity index is 2.38. The molecule has 0 heterocycles. The molecule has 0 spiro atoms. The summed E-state index contributed by atoms with van der Waals surface area (Å²) in [6, 6.07) is 5.44. The van der Waals surface area contributed by atoms with E-state index in [9.17, 15) is 21.6 Å². The van der Waals surface area contributed by atoms with E-state index in [4.69, 9.17) is 0 Å². The van der Waals surface area contributed by atoms with E-state index in [0.717, 1.165) is 22.8 Å². The average molecular weight is 401 g/mol. The number of halogens is 3. The van der Waals surface area contributed by atoms with Crippen LogP contribution in [0.1, 0.15) is 33.4 Å². The Morgan fingerprint density at radius 1 is 0.889 bits per heavy atom. The topological polar surface area (TPSA) is 55.4 Å². The normalized spacial score (nSPS) is 12.3. The Morgan fingerprint density at radius 3 is 1.89 bits per heavy atom. The predicted octanol–water partition coefficient (Wildman–Crippen LogP) is 4.61. The highest BCUT2D eigenvalue weighted by Gasteiger charge is 2.32. The molecular formula is C19H22F3NO3S. The van der Waals surface area contributed by atoms with Gasteiger partial charge < -0.3 is 4.74 Å². The van der Waals surface area contributed by atoms with E-state index in [-0.39, 0.29) is 17.0 Å². The maximum atomic E-state index is 12.9. The number of hydrogen-bond acceptors (Lipinski definition) is 3. The van der Waals surface area contributed by atoms with E-state index >= 15 is 0 Å². The molecule has 0 aliphatic rings. The van der Waals surface area contributed by atoms with Crippen LogP contribution in [0.15, 0.2) is 29.2 Å². The summed E-state index contributed by atoms with van der Waals surface area (Å²) in [5.41, 5.74) is 4.12. The van der Waals surface area contributed by atoms with Crippen molar-refractivity contribution in [1.29, 1.82) is 0 Å². The van der Waals surface area contributed by atoms with Gasteiger partial charge in [0.1, 0.15) is 5.75 Å². The third-order valence-electron chi connectivity index (χ3n) is 4.85. The van der Waals surface area contributed by atoms with Crippen molar-refractivity contribution in [2.75, 3.05) is 0 Å². The molecule has 0 radical (unpaired) electrons. The smallest absolute Gasteiger partial charge is 0.405 e. The average Bonchev–Trinajstić information content (AvgIpc) is 2.56. The van der Waals surface area contributed by atoms with Crippen molar-refractivity contribution in [1.82, 2.24) is 4.72 Å². The van der Waals surface area contributed by atoms with Crippen LogP contribution >= 0.6 is 0 Å². The van der Waals surface area contributed by atoms with Crippen LogP contribution in [0.25, 0.3) is 0 Å². The van der Waals surface area contributed by atoms with Crippen molar-refractivity contribution in [3.8, 4) is 5.75 Å². The molecular weight excluding hydrogens is 379 g/mol. The molecule has 2 aromatic rings. The van der Waals surface area contributed by atoms with Gasteiger partial charge >= 0.3 is 6.36 Å². The van der Waals surface area contributed by atoms with E-state index < -0.39 is 22.1 Å². The van der Waals surface area contributed by atoms with Gasteiger partial charge in [0.15, 0.2) is 0 Å². The van der Waals surface area contributed by atoms with Gasteiger partial charge in [-0.2, -0.15) is 0 Å². The number of benzene rings is 2. The molecule has 0 bridgehead atoms. The fourth-order valence-corrected chi connectivity index (χ4v) is 4.59. The minimum Gasteiger partial charge on any atom is -0.405 e. The Labute approximate surface area is 157 Å². The second-order valence-corrected chi connectivity index (χ2v) is 8.14. The molecule has 148 valence electrons. The molecule has 0 aliphatic heterocycles. The zero-order chi connectivity index (χ0) is 20.6. The highest BCUT2D eigenvalue weighted by molar-refractivity contribution is 7.89. The number of sulfonamides is 1. The number of para-hydroxylation sites is 1. The molecule has 0 fully saturated rings. The van der Waals surface area contributed by atoms with E-state index in [2.05, 4.69) is 9.46 Å². The quantitative estimate of drug-likeness (QED) is 0.796. The van der Waals surface area contributed by atoms with Gasteiger partial charge in [0.05, 0.1) is 4.90 Å². The molecule has 0 unspecified atom stereocenters. The SMILES string of the molecule is Cc1c(C)c(C)c(S(=O)(=O)NCc2ccccc2OC(F)(F)F)c(C)c1C. The minimum absolute atomic E-state index is 0.0919. The lowest BCUT2D eigenvalue weighted by molar-refractivity contribution is -0.274. The molecule has 0 saturated heterocycles. The first-order valence-electron chi connectivity index (χ1n) is 8.25. The molecule has 27 heavy (non-hydrogen) atoms. The number of ether oxygens (including phenoxy) is 1. The monoisotopic (exact) mass is 401 g/mol. The van der Waals surface area contributed by atoms with Crippen LogP contribution in [0.3, 0.4) is 0 Å². The Bertz CT molecular complexity index is 938. The first-order chi connectivity index (χ1) is 12.3. The molecule has 2 rings (SSSR count). The zero-order valence-electron chi connectivity index (χ0n) is 15.8. The van der Waals surface area contributed by atoms with Crippen LogP contribution in [0.5, 0.6) is 5.75 Å². The van der Waals surface area contributed by atoms with Gasteiger partial charge in [-0.25, -0.2) is 13.1 Å². The molecule has 0 aliphatic carbocycles. The van der Waals surface area contributed by atoms with Crippen LogP contribution in [0.2, 0.25) is 0 Å². The van der Waals surface area contributed by atoms with Gasteiger partial charge in [0.25, 0.3) is 0 Å². The molecule has 0 atom stereocenters. The summed E-state index contributed by atoms with van der Waals surface area (Å²) in [5, 5.41) is 0. The molecule has 0 saturated carbocycles. The minimum atomic E-state index is -4.85. The Morgan fingerprint density at radius 2 is 1.37 bits per heavy atom. The zero-order valence-corrected chi connectivity index (χ0v) is 16.6. The van der Waals surface area contributed by atoms with E-state index in [1.54, 1.807) is 13.8 Å². The highest BCUT2D eigenvalue weighted by Crippen LogP contribution is 2.30. The standard InChI is InChI=1S/C19H22F3NO3S/c1-11-12(2)14(4)18(15(5)13(11)3)27(24,25)23-10-16-8-6-7-9-17(16)26-19(20,21)22/h6-9,23H,10H2,1-5H3. The van der Waals surface area contributed by atoms with Crippen molar-refractivity contribution in [3.63, 3.8) is 0 Å². The van der Waals surface area contributed by atoms with Crippen molar-refractivity contribution in [3.05, 3.63) is 57.6 Å². The fraction of sp³-hybridized carbons (Fsp3) is 0.368. The summed E-state index contributed by atoms with van der Waals surface area (Å²) in [6.45, 7) is 8.76. The fourth-order valence-electron chi connectivity index (χ4n) is 2.99. The van der Waals surface area contributed by atoms with Crippen LogP contribution in [0, 0.1) is 34.6 Å². The van der Waals surface area contributed by atoms with Crippen molar-refractivity contribution < 1.29 is 26.3 Å². The van der Waals surface area contributed by atoms with Crippen LogP contribution in [-0.2, 0) is 16.6 Å². The lowest BCUT2D eigenvalue weighted by atomic mass is 9.95. The summed E-state index contributed by atoms with van der Waals surface area (Å²) < 4.78 is 69.7. The summed E-state index contributed by atoms with van der Waals surface area (Å²) in [5.74, 6) is -0.433. The van der Waals surface area contributed by atoms with E-state index in [0.29, 0.717) is 11.1 Å². The summed E-state index contributed by atoms with van der Waals surface area (Å²) in [6.07, 6.45) is -4.85. The number of hydrogen-bond donors (Lipinski definition) is 1. The maximum Gasteiger partial charge on any atom is 0.573 e. The van der Waals surface area contributed by atoms with E-state index in [1.807, 2.05) is 20.8 Å². The lowest BCUT2D eigenvalue weighted by Crippen LogP contribution is -2.26. The summed E-state index contributed by atoms with van der Waals surface area (Å²) >= 11 is 0. The predicted molar refractivity (Wildman–Crippen MR) is 97.3 cm³/mol. The van der Waals surface area contributed by atoms with Gasteiger partial charge in [-0.15, -0.1) is 13.2 Å². The van der Waals surface area contributed by atoms with Gasteiger partial charge in [-0.05, 0) is 68.5 Å². The summed E-state index contributed by atoms with van der Waals surface area (Å²) in [7, 11) is -3.93. The third kappa shape index (κ3) is 4.62. The number of rotatable bonds is 5. The molecule has 4 nitrogen and oxygen atoms in total. The Kier molecular flexibility index (Phi) is 5.91. The van der Waals surface area contributed by atoms with Gasteiger partial charge in [0, 0.05) is 12.1 Å². The first kappa shape index (κ1) is 21.2. The lowest BCUT2D eigenvalue weighted by Gasteiger charge is -2.19.